The Morgan fingerprint density at radius 1 is 1.15 bits per heavy atom. The van der Waals surface area contributed by atoms with Gasteiger partial charge >= 0.3 is 6.03 Å². The highest BCUT2D eigenvalue weighted by Gasteiger charge is 2.25. The van der Waals surface area contributed by atoms with Gasteiger partial charge in [0.15, 0.2) is 5.65 Å². The number of pyridine rings is 1. The van der Waals surface area contributed by atoms with E-state index in [2.05, 4.69) is 51.9 Å². The van der Waals surface area contributed by atoms with Gasteiger partial charge in [0.1, 0.15) is 0 Å². The fourth-order valence-corrected chi connectivity index (χ4v) is 4.49. The Kier molecular flexibility index (Phi) is 7.00. The number of primary amides is 1. The number of benzene rings is 1. The molecule has 0 aliphatic carbocycles. The van der Waals surface area contributed by atoms with E-state index in [0.29, 0.717) is 25.2 Å². The van der Waals surface area contributed by atoms with Crippen molar-refractivity contribution in [1.29, 1.82) is 0 Å². The third-order valence-electron chi connectivity index (χ3n) is 6.56. The molecule has 1 aliphatic rings. The van der Waals surface area contributed by atoms with Crippen molar-refractivity contribution in [2.24, 2.45) is 5.73 Å². The van der Waals surface area contributed by atoms with Crippen LogP contribution in [-0.2, 0) is 6.54 Å². The van der Waals surface area contributed by atoms with Crippen LogP contribution in [0.4, 0.5) is 10.5 Å². The number of hydrogen-bond acceptors (Lipinski definition) is 5. The number of piperidine rings is 1. The number of carbonyl (C=O) groups is 2. The molecule has 9 nitrogen and oxygen atoms in total. The molecule has 9 heteroatoms. The zero-order chi connectivity index (χ0) is 24.2. The fraction of sp³-hybridized carbons (Fsp3) is 0.440. The molecule has 3 aromatic rings. The predicted octanol–water partition coefficient (Wildman–Crippen LogP) is 3.60. The molecule has 0 spiro atoms. The van der Waals surface area contributed by atoms with Crippen LogP contribution in [0.15, 0.2) is 36.7 Å². The number of urea groups is 1. The lowest BCUT2D eigenvalue weighted by atomic mass is 10.0. The quantitative estimate of drug-likeness (QED) is 0.495. The first-order valence-corrected chi connectivity index (χ1v) is 11.9. The van der Waals surface area contributed by atoms with E-state index in [1.807, 2.05) is 18.5 Å². The maximum absolute atomic E-state index is 13.5. The molecule has 1 fully saturated rings. The van der Waals surface area contributed by atoms with Gasteiger partial charge in [-0.2, -0.15) is 5.10 Å². The molecule has 0 unspecified atom stereocenters. The van der Waals surface area contributed by atoms with Crippen LogP contribution >= 0.6 is 0 Å². The monoisotopic (exact) mass is 463 g/mol. The van der Waals surface area contributed by atoms with E-state index in [1.165, 1.54) is 5.56 Å². The SMILES string of the molecule is CC[C@@H](NC(=O)c1cnc2c(cnn2CC)c1NC1CCN(C(N)=O)CC1)c1ccc(C)cc1. The number of aryl methyl sites for hydroxylation is 2. The van der Waals surface area contributed by atoms with Crippen molar-refractivity contribution in [1.82, 2.24) is 25.0 Å². The van der Waals surface area contributed by atoms with Gasteiger partial charge in [-0.25, -0.2) is 14.5 Å². The molecule has 4 N–H and O–H groups in total. The minimum Gasteiger partial charge on any atom is -0.381 e. The summed E-state index contributed by atoms with van der Waals surface area (Å²) >= 11 is 0. The van der Waals surface area contributed by atoms with Crippen LogP contribution in [0, 0.1) is 6.92 Å². The zero-order valence-corrected chi connectivity index (χ0v) is 20.0. The van der Waals surface area contributed by atoms with Gasteiger partial charge in [0.05, 0.1) is 28.9 Å². The number of rotatable bonds is 7. The van der Waals surface area contributed by atoms with Gasteiger partial charge in [0, 0.05) is 31.9 Å². The summed E-state index contributed by atoms with van der Waals surface area (Å²) in [5.41, 5.74) is 9.65. The van der Waals surface area contributed by atoms with Crippen molar-refractivity contribution in [3.63, 3.8) is 0 Å². The maximum atomic E-state index is 13.5. The second kappa shape index (κ2) is 10.1. The Balaban J connectivity index is 1.63. The van der Waals surface area contributed by atoms with Crippen LogP contribution in [-0.4, -0.2) is 50.7 Å². The standard InChI is InChI=1S/C25H33N7O2/c1-4-21(17-8-6-16(3)7-9-17)30-24(33)20-14-27-23-19(15-28-32(23)5-2)22(20)29-18-10-12-31(13-11-18)25(26)34/h6-9,14-15,18,21H,4-5,10-13H2,1-3H3,(H2,26,34)(H,27,29)(H,30,33)/t21-/m1/s1. The summed E-state index contributed by atoms with van der Waals surface area (Å²) in [7, 11) is 0. The Hall–Kier alpha value is -3.62. The van der Waals surface area contributed by atoms with Gasteiger partial charge in [-0.15, -0.1) is 0 Å². The van der Waals surface area contributed by atoms with Crippen molar-refractivity contribution in [2.45, 2.75) is 58.7 Å². The van der Waals surface area contributed by atoms with Gasteiger partial charge in [-0.3, -0.25) is 4.79 Å². The Morgan fingerprint density at radius 3 is 2.47 bits per heavy atom. The van der Waals surface area contributed by atoms with Gasteiger partial charge in [-0.1, -0.05) is 36.8 Å². The summed E-state index contributed by atoms with van der Waals surface area (Å²) in [4.78, 5) is 31.2. The summed E-state index contributed by atoms with van der Waals surface area (Å²) in [6.07, 6.45) is 5.66. The minimum atomic E-state index is -0.393. The summed E-state index contributed by atoms with van der Waals surface area (Å²) in [5.74, 6) is -0.178. The summed E-state index contributed by atoms with van der Waals surface area (Å²) in [6.45, 7) is 7.97. The molecule has 1 aromatic carbocycles. The number of fused-ring (bicyclic) bond motifs is 1. The molecule has 3 amide bonds. The maximum Gasteiger partial charge on any atom is 0.314 e. The molecule has 180 valence electrons. The molecule has 34 heavy (non-hydrogen) atoms. The molecule has 2 aromatic heterocycles. The van der Waals surface area contributed by atoms with Crippen molar-refractivity contribution in [3.8, 4) is 0 Å². The van der Waals surface area contributed by atoms with E-state index in [9.17, 15) is 9.59 Å². The molecule has 0 radical (unpaired) electrons. The van der Waals surface area contributed by atoms with E-state index in [-0.39, 0.29) is 18.0 Å². The summed E-state index contributed by atoms with van der Waals surface area (Å²) < 4.78 is 1.82. The first kappa shape index (κ1) is 23.5. The van der Waals surface area contributed by atoms with E-state index >= 15 is 0 Å². The van der Waals surface area contributed by atoms with Crippen LogP contribution in [0.1, 0.15) is 60.6 Å². The van der Waals surface area contributed by atoms with Crippen LogP contribution < -0.4 is 16.4 Å². The molecule has 1 aliphatic heterocycles. The van der Waals surface area contributed by atoms with Crippen LogP contribution in [0.25, 0.3) is 11.0 Å². The molecule has 1 saturated heterocycles. The van der Waals surface area contributed by atoms with Gasteiger partial charge < -0.3 is 21.3 Å². The second-order valence-electron chi connectivity index (χ2n) is 8.83. The fourth-order valence-electron chi connectivity index (χ4n) is 4.49. The highest BCUT2D eigenvalue weighted by molar-refractivity contribution is 6.06. The number of amides is 3. The van der Waals surface area contributed by atoms with Crippen molar-refractivity contribution >= 4 is 28.7 Å². The van der Waals surface area contributed by atoms with Crippen LogP contribution in [0.2, 0.25) is 0 Å². The van der Waals surface area contributed by atoms with E-state index in [4.69, 9.17) is 5.73 Å². The predicted molar refractivity (Wildman–Crippen MR) is 133 cm³/mol. The van der Waals surface area contributed by atoms with E-state index in [1.54, 1.807) is 17.3 Å². The molecule has 0 saturated carbocycles. The first-order chi connectivity index (χ1) is 16.4. The molecular weight excluding hydrogens is 430 g/mol. The highest BCUT2D eigenvalue weighted by Crippen LogP contribution is 2.29. The number of anilines is 1. The Labute approximate surface area is 199 Å². The first-order valence-electron chi connectivity index (χ1n) is 11.9. The van der Waals surface area contributed by atoms with Gasteiger partial charge in [-0.05, 0) is 38.7 Å². The van der Waals surface area contributed by atoms with Crippen LogP contribution in [0.3, 0.4) is 0 Å². The highest BCUT2D eigenvalue weighted by atomic mass is 16.2. The molecule has 0 bridgehead atoms. The largest absolute Gasteiger partial charge is 0.381 e. The number of nitrogens with two attached hydrogens (primary N) is 1. The molecule has 3 heterocycles. The van der Waals surface area contributed by atoms with Crippen LogP contribution in [0.5, 0.6) is 0 Å². The average Bonchev–Trinajstić information content (AvgIpc) is 3.27. The Morgan fingerprint density at radius 2 is 1.85 bits per heavy atom. The lowest BCUT2D eigenvalue weighted by molar-refractivity contribution is 0.0936. The van der Waals surface area contributed by atoms with Crippen molar-refractivity contribution in [3.05, 3.63) is 53.3 Å². The molecular formula is C25H33N7O2. The smallest absolute Gasteiger partial charge is 0.314 e. The van der Waals surface area contributed by atoms with Gasteiger partial charge in [0.25, 0.3) is 5.91 Å². The minimum absolute atomic E-state index is 0.103. The Bertz CT molecular complexity index is 1160. The van der Waals surface area contributed by atoms with Crippen molar-refractivity contribution in [2.75, 3.05) is 18.4 Å². The third kappa shape index (κ3) is 4.83. The number of nitrogens with zero attached hydrogens (tertiary/aromatic N) is 4. The number of nitrogens with one attached hydrogen (secondary N) is 2. The molecule has 4 rings (SSSR count). The summed E-state index contributed by atoms with van der Waals surface area (Å²) in [6, 6.07) is 7.84. The zero-order valence-electron chi connectivity index (χ0n) is 20.0. The number of likely N-dealkylation sites (tertiary alicyclic amines) is 1. The topological polar surface area (TPSA) is 118 Å². The van der Waals surface area contributed by atoms with E-state index < -0.39 is 6.03 Å². The van der Waals surface area contributed by atoms with Crippen molar-refractivity contribution < 1.29 is 9.59 Å². The lowest BCUT2D eigenvalue weighted by Gasteiger charge is -2.32. The molecule has 1 atom stereocenters. The van der Waals surface area contributed by atoms with E-state index in [0.717, 1.165) is 41.5 Å². The van der Waals surface area contributed by atoms with Gasteiger partial charge in [0.2, 0.25) is 0 Å². The second-order valence-corrected chi connectivity index (χ2v) is 8.83. The third-order valence-corrected chi connectivity index (χ3v) is 6.56. The average molecular weight is 464 g/mol. The normalized spacial score (nSPS) is 15.3. The summed E-state index contributed by atoms with van der Waals surface area (Å²) in [5, 5.41) is 12.0. The number of hydrogen-bond donors (Lipinski definition) is 3. The number of carbonyl (C=O) groups excluding carboxylic acids is 2. The lowest BCUT2D eigenvalue weighted by Crippen LogP contribution is -2.45. The number of aromatic nitrogens is 3.